The highest BCUT2D eigenvalue weighted by Gasteiger charge is 2.18. The van der Waals surface area contributed by atoms with Crippen molar-refractivity contribution in [1.82, 2.24) is 20.4 Å². The van der Waals surface area contributed by atoms with Crippen LogP contribution in [-0.4, -0.2) is 34.9 Å². The lowest BCUT2D eigenvalue weighted by molar-refractivity contribution is 0.329. The zero-order valence-electron chi connectivity index (χ0n) is 12.7. The molecule has 0 amide bonds. The average molecular weight is 277 g/mol. The molecule has 0 saturated heterocycles. The van der Waals surface area contributed by atoms with Crippen molar-refractivity contribution in [3.8, 4) is 0 Å². The van der Waals surface area contributed by atoms with Gasteiger partial charge in [-0.05, 0) is 44.6 Å². The molecule has 0 aliphatic heterocycles. The summed E-state index contributed by atoms with van der Waals surface area (Å²) < 4.78 is 1.91. The zero-order valence-corrected chi connectivity index (χ0v) is 12.7. The molecule has 5 nitrogen and oxygen atoms in total. The quantitative estimate of drug-likeness (QED) is 0.639. The van der Waals surface area contributed by atoms with Gasteiger partial charge in [-0.2, -0.15) is 5.10 Å². The molecule has 0 radical (unpaired) electrons. The van der Waals surface area contributed by atoms with E-state index in [0.29, 0.717) is 6.04 Å². The Bertz CT molecular complexity index is 390. The van der Waals surface area contributed by atoms with Crippen molar-refractivity contribution in [2.45, 2.75) is 52.1 Å². The maximum absolute atomic E-state index is 4.64. The van der Waals surface area contributed by atoms with E-state index < -0.39 is 0 Å². The van der Waals surface area contributed by atoms with Crippen molar-refractivity contribution in [3.05, 3.63) is 18.5 Å². The van der Waals surface area contributed by atoms with Gasteiger partial charge in [-0.1, -0.05) is 6.92 Å². The summed E-state index contributed by atoms with van der Waals surface area (Å²) in [5.41, 5.74) is 0. The summed E-state index contributed by atoms with van der Waals surface area (Å²) in [4.78, 5) is 4.64. The SMILES string of the molecule is CCNC(=NCCn1cccn1)NC1CCC(C)CC1. The van der Waals surface area contributed by atoms with E-state index in [1.54, 1.807) is 6.20 Å². The second kappa shape index (κ2) is 7.92. The van der Waals surface area contributed by atoms with Gasteiger partial charge >= 0.3 is 0 Å². The third-order valence-corrected chi connectivity index (χ3v) is 3.86. The fourth-order valence-corrected chi connectivity index (χ4v) is 2.61. The van der Waals surface area contributed by atoms with E-state index in [4.69, 9.17) is 0 Å². The Morgan fingerprint density at radius 1 is 1.35 bits per heavy atom. The maximum atomic E-state index is 4.64. The first-order valence-corrected chi connectivity index (χ1v) is 7.80. The first-order valence-electron chi connectivity index (χ1n) is 7.80. The first kappa shape index (κ1) is 14.9. The lowest BCUT2D eigenvalue weighted by Gasteiger charge is -2.28. The van der Waals surface area contributed by atoms with Crippen LogP contribution in [0.5, 0.6) is 0 Å². The maximum Gasteiger partial charge on any atom is 0.191 e. The van der Waals surface area contributed by atoms with Crippen LogP contribution < -0.4 is 10.6 Å². The average Bonchev–Trinajstić information content (AvgIpc) is 2.95. The predicted molar refractivity (Wildman–Crippen MR) is 82.8 cm³/mol. The highest BCUT2D eigenvalue weighted by molar-refractivity contribution is 5.80. The molecular weight excluding hydrogens is 250 g/mol. The largest absolute Gasteiger partial charge is 0.357 e. The number of aliphatic imine (C=N–C) groups is 1. The lowest BCUT2D eigenvalue weighted by atomic mass is 9.87. The van der Waals surface area contributed by atoms with E-state index in [2.05, 4.69) is 34.6 Å². The topological polar surface area (TPSA) is 54.2 Å². The molecular formula is C15H27N5. The minimum atomic E-state index is 0.578. The summed E-state index contributed by atoms with van der Waals surface area (Å²) in [5.74, 6) is 1.83. The molecule has 1 aromatic rings. The molecule has 0 bridgehead atoms. The molecule has 20 heavy (non-hydrogen) atoms. The lowest BCUT2D eigenvalue weighted by Crippen LogP contribution is -2.44. The molecule has 2 N–H and O–H groups in total. The van der Waals surface area contributed by atoms with Crippen LogP contribution in [0.4, 0.5) is 0 Å². The molecule has 1 saturated carbocycles. The summed E-state index contributed by atoms with van der Waals surface area (Å²) in [6.45, 7) is 6.93. The minimum Gasteiger partial charge on any atom is -0.357 e. The number of aromatic nitrogens is 2. The fraction of sp³-hybridized carbons (Fsp3) is 0.733. The summed E-state index contributed by atoms with van der Waals surface area (Å²) in [7, 11) is 0. The van der Waals surface area contributed by atoms with Gasteiger partial charge in [0.05, 0.1) is 13.1 Å². The Kier molecular flexibility index (Phi) is 5.89. The molecule has 1 aromatic heterocycles. The standard InChI is InChI=1S/C15H27N5/c1-3-16-15(17-10-12-20-11-4-9-18-20)19-14-7-5-13(2)6-8-14/h4,9,11,13-14H,3,5-8,10,12H2,1-2H3,(H2,16,17,19). The van der Waals surface area contributed by atoms with Crippen LogP contribution in [0.2, 0.25) is 0 Å². The van der Waals surface area contributed by atoms with Gasteiger partial charge in [0.25, 0.3) is 0 Å². The van der Waals surface area contributed by atoms with Crippen LogP contribution in [-0.2, 0) is 6.54 Å². The van der Waals surface area contributed by atoms with Crippen LogP contribution in [0.25, 0.3) is 0 Å². The highest BCUT2D eigenvalue weighted by Crippen LogP contribution is 2.23. The van der Waals surface area contributed by atoms with Gasteiger partial charge in [0.15, 0.2) is 5.96 Å². The molecule has 1 aliphatic rings. The highest BCUT2D eigenvalue weighted by atomic mass is 15.3. The number of hydrogen-bond donors (Lipinski definition) is 2. The van der Waals surface area contributed by atoms with Crippen LogP contribution in [0.15, 0.2) is 23.5 Å². The monoisotopic (exact) mass is 277 g/mol. The summed E-state index contributed by atoms with van der Waals surface area (Å²) in [6, 6.07) is 2.52. The van der Waals surface area contributed by atoms with Crippen molar-refractivity contribution in [1.29, 1.82) is 0 Å². The van der Waals surface area contributed by atoms with Crippen molar-refractivity contribution in [2.75, 3.05) is 13.1 Å². The van der Waals surface area contributed by atoms with Crippen molar-refractivity contribution in [3.63, 3.8) is 0 Å². The Balaban J connectivity index is 1.79. The molecule has 0 atom stereocenters. The smallest absolute Gasteiger partial charge is 0.191 e. The van der Waals surface area contributed by atoms with E-state index in [-0.39, 0.29) is 0 Å². The van der Waals surface area contributed by atoms with Gasteiger partial charge in [0.2, 0.25) is 0 Å². The van der Waals surface area contributed by atoms with Crippen LogP contribution >= 0.6 is 0 Å². The van der Waals surface area contributed by atoms with E-state index in [0.717, 1.165) is 31.5 Å². The summed E-state index contributed by atoms with van der Waals surface area (Å²) in [6.07, 6.45) is 8.93. The van der Waals surface area contributed by atoms with Crippen LogP contribution in [0, 0.1) is 5.92 Å². The Morgan fingerprint density at radius 2 is 2.15 bits per heavy atom. The van der Waals surface area contributed by atoms with Gasteiger partial charge in [-0.3, -0.25) is 9.67 Å². The molecule has 2 rings (SSSR count). The van der Waals surface area contributed by atoms with E-state index in [1.807, 2.05) is 16.9 Å². The zero-order chi connectivity index (χ0) is 14.2. The van der Waals surface area contributed by atoms with Crippen LogP contribution in [0.3, 0.4) is 0 Å². The van der Waals surface area contributed by atoms with Gasteiger partial charge in [-0.25, -0.2) is 0 Å². The normalized spacial score (nSPS) is 23.6. The molecule has 5 heteroatoms. The van der Waals surface area contributed by atoms with Crippen molar-refractivity contribution >= 4 is 5.96 Å². The molecule has 1 fully saturated rings. The summed E-state index contributed by atoms with van der Waals surface area (Å²) in [5, 5.41) is 11.1. The number of hydrogen-bond acceptors (Lipinski definition) is 2. The molecule has 0 spiro atoms. The number of nitrogens with one attached hydrogen (secondary N) is 2. The minimum absolute atomic E-state index is 0.578. The predicted octanol–water partition coefficient (Wildman–Crippen LogP) is 2.02. The van der Waals surface area contributed by atoms with Gasteiger partial charge in [0, 0.05) is 25.0 Å². The summed E-state index contributed by atoms with van der Waals surface area (Å²) >= 11 is 0. The Hall–Kier alpha value is -1.52. The molecule has 112 valence electrons. The van der Waals surface area contributed by atoms with E-state index in [1.165, 1.54) is 25.7 Å². The van der Waals surface area contributed by atoms with Gasteiger partial charge in [0.1, 0.15) is 0 Å². The Labute approximate surface area is 121 Å². The number of nitrogens with zero attached hydrogens (tertiary/aromatic N) is 3. The van der Waals surface area contributed by atoms with E-state index >= 15 is 0 Å². The molecule has 0 aromatic carbocycles. The second-order valence-corrected chi connectivity index (χ2v) is 5.63. The molecule has 1 aliphatic carbocycles. The van der Waals surface area contributed by atoms with Gasteiger partial charge in [-0.15, -0.1) is 0 Å². The second-order valence-electron chi connectivity index (χ2n) is 5.63. The fourth-order valence-electron chi connectivity index (χ4n) is 2.61. The van der Waals surface area contributed by atoms with Crippen molar-refractivity contribution in [2.24, 2.45) is 10.9 Å². The van der Waals surface area contributed by atoms with Crippen LogP contribution in [0.1, 0.15) is 39.5 Å². The van der Waals surface area contributed by atoms with Gasteiger partial charge < -0.3 is 10.6 Å². The Morgan fingerprint density at radius 3 is 2.80 bits per heavy atom. The molecule has 0 unspecified atom stereocenters. The third kappa shape index (κ3) is 4.87. The first-order chi connectivity index (χ1) is 9.78. The third-order valence-electron chi connectivity index (χ3n) is 3.86. The number of guanidine groups is 1. The number of rotatable bonds is 5. The van der Waals surface area contributed by atoms with Crippen molar-refractivity contribution < 1.29 is 0 Å². The molecule has 1 heterocycles. The van der Waals surface area contributed by atoms with E-state index in [9.17, 15) is 0 Å².